The Kier molecular flexibility index (Phi) is 4.83. The number of nitrogens with zero attached hydrogens (tertiary/aromatic N) is 3. The molecular weight excluding hydrogens is 345 g/mol. The van der Waals surface area contributed by atoms with Gasteiger partial charge >= 0.3 is 6.18 Å². The van der Waals surface area contributed by atoms with Gasteiger partial charge in [0, 0.05) is 11.8 Å². The maximum atomic E-state index is 13.0. The molecule has 0 atom stereocenters. The Morgan fingerprint density at radius 2 is 1.92 bits per heavy atom. The highest BCUT2D eigenvalue weighted by molar-refractivity contribution is 6.02. The van der Waals surface area contributed by atoms with Crippen molar-refractivity contribution in [2.24, 2.45) is 0 Å². The molecule has 0 saturated carbocycles. The summed E-state index contributed by atoms with van der Waals surface area (Å²) in [6.07, 6.45) is 0.608. The van der Waals surface area contributed by atoms with Crippen LogP contribution in [0.3, 0.4) is 0 Å². The van der Waals surface area contributed by atoms with E-state index in [2.05, 4.69) is 15.4 Å². The van der Waals surface area contributed by atoms with Crippen LogP contribution in [0.25, 0.3) is 11.8 Å². The fourth-order valence-electron chi connectivity index (χ4n) is 2.32. The van der Waals surface area contributed by atoms with Gasteiger partial charge in [-0.05, 0) is 35.9 Å². The smallest absolute Gasteiger partial charge is 0.322 e. The highest BCUT2D eigenvalue weighted by Gasteiger charge is 2.32. The maximum Gasteiger partial charge on any atom is 0.416 e. The predicted molar refractivity (Wildman–Crippen MR) is 90.5 cm³/mol. The SMILES string of the molecule is O=C(C=Cc1ccccc1C(F)(F)F)Nc1cccc(-n2cncn2)c1. The summed E-state index contributed by atoms with van der Waals surface area (Å²) >= 11 is 0. The van der Waals surface area contributed by atoms with E-state index in [0.29, 0.717) is 11.4 Å². The molecule has 0 fully saturated rings. The lowest BCUT2D eigenvalue weighted by Gasteiger charge is -2.09. The first kappa shape index (κ1) is 17.4. The van der Waals surface area contributed by atoms with Gasteiger partial charge in [0.1, 0.15) is 12.7 Å². The van der Waals surface area contributed by atoms with Crippen molar-refractivity contribution in [1.82, 2.24) is 14.8 Å². The standard InChI is InChI=1S/C18H13F3N4O/c19-18(20,21)16-7-2-1-4-13(16)8-9-17(26)24-14-5-3-6-15(10-14)25-12-22-11-23-25/h1-12H,(H,24,26). The number of halogens is 3. The van der Waals surface area contributed by atoms with E-state index >= 15 is 0 Å². The van der Waals surface area contributed by atoms with Crippen molar-refractivity contribution in [3.05, 3.63) is 78.4 Å². The number of nitrogens with one attached hydrogen (secondary N) is 1. The molecule has 0 aliphatic rings. The molecule has 1 heterocycles. The van der Waals surface area contributed by atoms with E-state index in [1.807, 2.05) is 0 Å². The van der Waals surface area contributed by atoms with Gasteiger partial charge in [-0.15, -0.1) is 0 Å². The average Bonchev–Trinajstić information content (AvgIpc) is 3.14. The monoisotopic (exact) mass is 358 g/mol. The van der Waals surface area contributed by atoms with Crippen LogP contribution in [0, 0.1) is 0 Å². The Morgan fingerprint density at radius 3 is 2.65 bits per heavy atom. The van der Waals surface area contributed by atoms with Crippen LogP contribution in [0.2, 0.25) is 0 Å². The normalized spacial score (nSPS) is 11.7. The van der Waals surface area contributed by atoms with Gasteiger partial charge in [-0.3, -0.25) is 4.79 Å². The van der Waals surface area contributed by atoms with Crippen LogP contribution in [0.1, 0.15) is 11.1 Å². The van der Waals surface area contributed by atoms with Crippen molar-refractivity contribution < 1.29 is 18.0 Å². The van der Waals surface area contributed by atoms with Crippen LogP contribution in [-0.2, 0) is 11.0 Å². The fraction of sp³-hybridized carbons (Fsp3) is 0.0556. The minimum absolute atomic E-state index is 0.0773. The van der Waals surface area contributed by atoms with Gasteiger partial charge < -0.3 is 5.32 Å². The molecule has 26 heavy (non-hydrogen) atoms. The lowest BCUT2D eigenvalue weighted by atomic mass is 10.1. The number of rotatable bonds is 4. The molecule has 0 radical (unpaired) electrons. The summed E-state index contributed by atoms with van der Waals surface area (Å²) in [5.41, 5.74) is 0.298. The van der Waals surface area contributed by atoms with Gasteiger partial charge in [-0.25, -0.2) is 9.67 Å². The number of anilines is 1. The third-order valence-corrected chi connectivity index (χ3v) is 3.48. The molecule has 1 amide bonds. The molecule has 3 rings (SSSR count). The topological polar surface area (TPSA) is 59.8 Å². The quantitative estimate of drug-likeness (QED) is 0.719. The van der Waals surface area contributed by atoms with Gasteiger partial charge in [-0.1, -0.05) is 24.3 Å². The Bertz CT molecular complexity index is 934. The van der Waals surface area contributed by atoms with Gasteiger partial charge in [0.05, 0.1) is 11.3 Å². The molecule has 1 aromatic heterocycles. The zero-order chi connectivity index (χ0) is 18.6. The summed E-state index contributed by atoms with van der Waals surface area (Å²) in [6.45, 7) is 0. The zero-order valence-electron chi connectivity index (χ0n) is 13.3. The molecular formula is C18H13F3N4O. The van der Waals surface area contributed by atoms with E-state index in [4.69, 9.17) is 0 Å². The first-order chi connectivity index (χ1) is 12.4. The highest BCUT2D eigenvalue weighted by atomic mass is 19.4. The van der Waals surface area contributed by atoms with Gasteiger partial charge in [-0.2, -0.15) is 18.3 Å². The summed E-state index contributed by atoms with van der Waals surface area (Å²) in [4.78, 5) is 15.9. The molecule has 0 aliphatic heterocycles. The minimum Gasteiger partial charge on any atom is -0.322 e. The first-order valence-electron chi connectivity index (χ1n) is 7.54. The number of aromatic nitrogens is 3. The lowest BCUT2D eigenvalue weighted by molar-refractivity contribution is -0.137. The number of carbonyl (C=O) groups is 1. The largest absolute Gasteiger partial charge is 0.416 e. The van der Waals surface area contributed by atoms with Gasteiger partial charge in [0.25, 0.3) is 0 Å². The van der Waals surface area contributed by atoms with Crippen molar-refractivity contribution in [2.75, 3.05) is 5.32 Å². The third-order valence-electron chi connectivity index (χ3n) is 3.48. The Morgan fingerprint density at radius 1 is 1.12 bits per heavy atom. The number of amides is 1. The van der Waals surface area contributed by atoms with Gasteiger partial charge in [0.15, 0.2) is 0 Å². The minimum atomic E-state index is -4.48. The molecule has 8 heteroatoms. The second-order valence-corrected chi connectivity index (χ2v) is 5.30. The van der Waals surface area contributed by atoms with E-state index < -0.39 is 17.6 Å². The number of alkyl halides is 3. The Hall–Kier alpha value is -3.42. The average molecular weight is 358 g/mol. The molecule has 0 spiro atoms. The molecule has 0 unspecified atom stereocenters. The fourth-order valence-corrected chi connectivity index (χ4v) is 2.32. The molecule has 0 bridgehead atoms. The van der Waals surface area contributed by atoms with Crippen LogP contribution in [0.4, 0.5) is 18.9 Å². The summed E-state index contributed by atoms with van der Waals surface area (Å²) < 4.78 is 40.4. The highest BCUT2D eigenvalue weighted by Crippen LogP contribution is 2.32. The van der Waals surface area contributed by atoms with Crippen LogP contribution >= 0.6 is 0 Å². The summed E-state index contributed by atoms with van der Waals surface area (Å²) in [7, 11) is 0. The molecule has 2 aromatic carbocycles. The van der Waals surface area contributed by atoms with Crippen LogP contribution in [-0.4, -0.2) is 20.7 Å². The van der Waals surface area contributed by atoms with Crippen LogP contribution in [0.15, 0.2) is 67.3 Å². The second-order valence-electron chi connectivity index (χ2n) is 5.30. The molecule has 3 aromatic rings. The lowest BCUT2D eigenvalue weighted by Crippen LogP contribution is -2.09. The number of hydrogen-bond acceptors (Lipinski definition) is 3. The summed E-state index contributed by atoms with van der Waals surface area (Å²) in [5, 5.41) is 6.59. The Balaban J connectivity index is 1.74. The molecule has 5 nitrogen and oxygen atoms in total. The number of carbonyl (C=O) groups excluding carboxylic acids is 1. The summed E-state index contributed by atoms with van der Waals surface area (Å²) in [6, 6.07) is 11.9. The number of hydrogen-bond donors (Lipinski definition) is 1. The molecule has 0 aliphatic carbocycles. The second kappa shape index (κ2) is 7.22. The number of benzene rings is 2. The first-order valence-corrected chi connectivity index (χ1v) is 7.54. The van der Waals surface area contributed by atoms with Crippen molar-refractivity contribution >= 4 is 17.7 Å². The van der Waals surface area contributed by atoms with E-state index in [0.717, 1.165) is 18.2 Å². The predicted octanol–water partition coefficient (Wildman–Crippen LogP) is 3.94. The van der Waals surface area contributed by atoms with Crippen molar-refractivity contribution in [3.8, 4) is 5.69 Å². The van der Waals surface area contributed by atoms with Gasteiger partial charge in [0.2, 0.25) is 5.91 Å². The van der Waals surface area contributed by atoms with Crippen LogP contribution < -0.4 is 5.32 Å². The zero-order valence-corrected chi connectivity index (χ0v) is 13.3. The molecule has 1 N–H and O–H groups in total. The maximum absolute atomic E-state index is 13.0. The Labute approximate surface area is 146 Å². The van der Waals surface area contributed by atoms with Crippen molar-refractivity contribution in [1.29, 1.82) is 0 Å². The summed E-state index contributed by atoms with van der Waals surface area (Å²) in [5.74, 6) is -0.544. The van der Waals surface area contributed by atoms with Crippen LogP contribution in [0.5, 0.6) is 0 Å². The van der Waals surface area contributed by atoms with Crippen molar-refractivity contribution in [2.45, 2.75) is 6.18 Å². The molecule has 132 valence electrons. The molecule has 0 saturated heterocycles. The van der Waals surface area contributed by atoms with E-state index in [1.165, 1.54) is 35.5 Å². The third kappa shape index (κ3) is 4.15. The van der Waals surface area contributed by atoms with E-state index in [9.17, 15) is 18.0 Å². The van der Waals surface area contributed by atoms with E-state index in [1.54, 1.807) is 24.3 Å². The van der Waals surface area contributed by atoms with Crippen molar-refractivity contribution in [3.63, 3.8) is 0 Å². The van der Waals surface area contributed by atoms with E-state index in [-0.39, 0.29) is 5.56 Å².